The maximum atomic E-state index is 12.0. The smallest absolute Gasteiger partial charge is 0.349 e. The second kappa shape index (κ2) is 9.47. The first kappa shape index (κ1) is 20.1. The summed E-state index contributed by atoms with van der Waals surface area (Å²) >= 11 is 0. The van der Waals surface area contributed by atoms with Crippen molar-refractivity contribution >= 4 is 17.7 Å². The van der Waals surface area contributed by atoms with Crippen LogP contribution in [0.25, 0.3) is 0 Å². The lowest BCUT2D eigenvalue weighted by Crippen LogP contribution is -2.40. The third kappa shape index (κ3) is 6.22. The highest BCUT2D eigenvalue weighted by Gasteiger charge is 2.12. The summed E-state index contributed by atoms with van der Waals surface area (Å²) in [5.74, 6) is 1.10. The van der Waals surface area contributed by atoms with E-state index in [0.717, 1.165) is 0 Å². The molecular formula is C20H24N2O5. The second-order valence-corrected chi connectivity index (χ2v) is 6.10. The fraction of sp³-hybridized carbons (Fsp3) is 0.300. The van der Waals surface area contributed by atoms with Gasteiger partial charge in [-0.2, -0.15) is 0 Å². The molecule has 0 aromatic heterocycles. The molecule has 0 aliphatic heterocycles. The zero-order valence-electron chi connectivity index (χ0n) is 15.9. The number of ether oxygens (including phenoxy) is 3. The normalized spacial score (nSPS) is 10.3. The van der Waals surface area contributed by atoms with E-state index in [1.165, 1.54) is 4.90 Å². The molecule has 2 amide bonds. The summed E-state index contributed by atoms with van der Waals surface area (Å²) in [4.78, 5) is 25.4. The number of nitrogens with one attached hydrogen (secondary N) is 1. The van der Waals surface area contributed by atoms with Gasteiger partial charge in [0.25, 0.3) is 0 Å². The molecule has 0 heterocycles. The fourth-order valence-corrected chi connectivity index (χ4v) is 2.17. The third-order valence-electron chi connectivity index (χ3n) is 3.59. The Kier molecular flexibility index (Phi) is 7.05. The van der Waals surface area contributed by atoms with Gasteiger partial charge in [0.05, 0.1) is 7.11 Å². The number of hydrogen-bond donors (Lipinski definition) is 1. The zero-order valence-corrected chi connectivity index (χ0v) is 15.9. The highest BCUT2D eigenvalue weighted by atomic mass is 16.6. The van der Waals surface area contributed by atoms with Crippen molar-refractivity contribution in [3.05, 3.63) is 48.5 Å². The molecule has 0 saturated heterocycles. The van der Waals surface area contributed by atoms with Crippen molar-refractivity contribution in [2.45, 2.75) is 19.9 Å². The van der Waals surface area contributed by atoms with Crippen molar-refractivity contribution in [2.75, 3.05) is 25.7 Å². The predicted molar refractivity (Wildman–Crippen MR) is 103 cm³/mol. The van der Waals surface area contributed by atoms with Crippen LogP contribution in [-0.4, -0.2) is 38.8 Å². The molecule has 0 spiro atoms. The number of urea groups is 1. The number of anilines is 1. The van der Waals surface area contributed by atoms with Gasteiger partial charge in [0.15, 0.2) is 6.61 Å². The Balaban J connectivity index is 1.85. The van der Waals surface area contributed by atoms with E-state index in [1.54, 1.807) is 62.7 Å². The minimum Gasteiger partial charge on any atom is -0.497 e. The van der Waals surface area contributed by atoms with E-state index in [1.807, 2.05) is 13.8 Å². The first-order chi connectivity index (χ1) is 12.9. The van der Waals surface area contributed by atoms with Crippen LogP contribution in [0, 0.1) is 0 Å². The summed E-state index contributed by atoms with van der Waals surface area (Å²) in [6.45, 7) is 3.56. The van der Waals surface area contributed by atoms with E-state index in [4.69, 9.17) is 14.2 Å². The predicted octanol–water partition coefficient (Wildman–Crippen LogP) is 3.23. The van der Waals surface area contributed by atoms with Gasteiger partial charge in [0.1, 0.15) is 17.2 Å². The van der Waals surface area contributed by atoms with Gasteiger partial charge < -0.3 is 19.5 Å². The average molecular weight is 372 g/mol. The SMILES string of the molecule is COc1ccc(OCC(=O)Oc2ccc(N(C)C(=O)NC(C)C)cc2)cc1. The fourth-order valence-electron chi connectivity index (χ4n) is 2.17. The molecule has 2 rings (SSSR count). The average Bonchev–Trinajstić information content (AvgIpc) is 2.66. The van der Waals surface area contributed by atoms with Crippen LogP contribution >= 0.6 is 0 Å². The van der Waals surface area contributed by atoms with Gasteiger partial charge >= 0.3 is 12.0 Å². The Morgan fingerprint density at radius 3 is 2.07 bits per heavy atom. The van der Waals surface area contributed by atoms with Crippen LogP contribution in [0.5, 0.6) is 17.2 Å². The lowest BCUT2D eigenvalue weighted by molar-refractivity contribution is -0.136. The van der Waals surface area contributed by atoms with Crippen LogP contribution in [0.3, 0.4) is 0 Å². The number of hydrogen-bond acceptors (Lipinski definition) is 5. The van der Waals surface area contributed by atoms with Crippen LogP contribution in [-0.2, 0) is 4.79 Å². The van der Waals surface area contributed by atoms with Gasteiger partial charge in [-0.15, -0.1) is 0 Å². The number of amides is 2. The van der Waals surface area contributed by atoms with Crippen LogP contribution in [0.2, 0.25) is 0 Å². The molecule has 144 valence electrons. The minimum atomic E-state index is -0.524. The highest BCUT2D eigenvalue weighted by molar-refractivity contribution is 5.91. The monoisotopic (exact) mass is 372 g/mol. The molecule has 0 unspecified atom stereocenters. The Labute approximate surface area is 158 Å². The Morgan fingerprint density at radius 1 is 0.963 bits per heavy atom. The summed E-state index contributed by atoms with van der Waals surface area (Å²) in [6.07, 6.45) is 0. The van der Waals surface area contributed by atoms with E-state index in [0.29, 0.717) is 22.9 Å². The van der Waals surface area contributed by atoms with Crippen molar-refractivity contribution in [3.63, 3.8) is 0 Å². The maximum Gasteiger partial charge on any atom is 0.349 e. The molecule has 1 N–H and O–H groups in total. The minimum absolute atomic E-state index is 0.0471. The van der Waals surface area contributed by atoms with Crippen molar-refractivity contribution < 1.29 is 23.8 Å². The highest BCUT2D eigenvalue weighted by Crippen LogP contribution is 2.20. The molecule has 0 aliphatic rings. The standard InChI is InChI=1S/C20H24N2O5/c1-14(2)21-20(24)22(3)15-5-7-18(8-6-15)27-19(23)13-26-17-11-9-16(25-4)10-12-17/h5-12,14H,13H2,1-4H3,(H,21,24). The largest absolute Gasteiger partial charge is 0.497 e. The van der Waals surface area contributed by atoms with Gasteiger partial charge in [-0.25, -0.2) is 9.59 Å². The zero-order chi connectivity index (χ0) is 19.8. The molecule has 0 radical (unpaired) electrons. The Bertz CT molecular complexity index is 757. The van der Waals surface area contributed by atoms with Crippen LogP contribution < -0.4 is 24.4 Å². The Hall–Kier alpha value is -3.22. The van der Waals surface area contributed by atoms with Crippen LogP contribution in [0.1, 0.15) is 13.8 Å². The molecule has 0 fully saturated rings. The van der Waals surface area contributed by atoms with Crippen molar-refractivity contribution in [2.24, 2.45) is 0 Å². The van der Waals surface area contributed by atoms with Crippen molar-refractivity contribution in [1.29, 1.82) is 0 Å². The maximum absolute atomic E-state index is 12.0. The van der Waals surface area contributed by atoms with Gasteiger partial charge in [0, 0.05) is 18.8 Å². The number of nitrogens with zero attached hydrogens (tertiary/aromatic N) is 1. The van der Waals surface area contributed by atoms with Gasteiger partial charge in [-0.05, 0) is 62.4 Å². The molecule has 2 aromatic rings. The number of rotatable bonds is 7. The number of methoxy groups -OCH3 is 1. The molecule has 27 heavy (non-hydrogen) atoms. The molecule has 7 nitrogen and oxygen atoms in total. The van der Waals surface area contributed by atoms with Crippen LogP contribution in [0.4, 0.5) is 10.5 Å². The lowest BCUT2D eigenvalue weighted by Gasteiger charge is -2.20. The van der Waals surface area contributed by atoms with E-state index in [2.05, 4.69) is 5.32 Å². The molecular weight excluding hydrogens is 348 g/mol. The van der Waals surface area contributed by atoms with Crippen molar-refractivity contribution in [1.82, 2.24) is 5.32 Å². The number of benzene rings is 2. The van der Waals surface area contributed by atoms with Gasteiger partial charge in [0.2, 0.25) is 0 Å². The first-order valence-corrected chi connectivity index (χ1v) is 8.51. The van der Waals surface area contributed by atoms with Gasteiger partial charge in [-0.1, -0.05) is 0 Å². The summed E-state index contributed by atoms with van der Waals surface area (Å²) in [5, 5.41) is 2.80. The summed E-state index contributed by atoms with van der Waals surface area (Å²) < 4.78 is 15.7. The number of carbonyl (C=O) groups excluding carboxylic acids is 2. The van der Waals surface area contributed by atoms with E-state index < -0.39 is 5.97 Å². The van der Waals surface area contributed by atoms with Crippen LogP contribution in [0.15, 0.2) is 48.5 Å². The van der Waals surface area contributed by atoms with E-state index in [9.17, 15) is 9.59 Å². The van der Waals surface area contributed by atoms with E-state index in [-0.39, 0.29) is 18.7 Å². The molecule has 0 bridgehead atoms. The molecule has 0 atom stereocenters. The van der Waals surface area contributed by atoms with Gasteiger partial charge in [-0.3, -0.25) is 4.90 Å². The lowest BCUT2D eigenvalue weighted by atomic mass is 10.3. The number of esters is 1. The summed E-state index contributed by atoms with van der Waals surface area (Å²) in [7, 11) is 3.24. The second-order valence-electron chi connectivity index (χ2n) is 6.10. The van der Waals surface area contributed by atoms with E-state index >= 15 is 0 Å². The quantitative estimate of drug-likeness (QED) is 0.596. The summed E-state index contributed by atoms with van der Waals surface area (Å²) in [5.41, 5.74) is 0.683. The Morgan fingerprint density at radius 2 is 1.52 bits per heavy atom. The third-order valence-corrected chi connectivity index (χ3v) is 3.59. The molecule has 0 aliphatic carbocycles. The molecule has 0 saturated carbocycles. The topological polar surface area (TPSA) is 77.1 Å². The molecule has 7 heteroatoms. The molecule has 2 aromatic carbocycles. The number of carbonyl (C=O) groups is 2. The van der Waals surface area contributed by atoms with Crippen molar-refractivity contribution in [3.8, 4) is 17.2 Å². The summed E-state index contributed by atoms with van der Waals surface area (Å²) in [6, 6.07) is 13.4. The first-order valence-electron chi connectivity index (χ1n) is 8.51.